The highest BCUT2D eigenvalue weighted by atomic mass is 16.6. The summed E-state index contributed by atoms with van der Waals surface area (Å²) < 4.78 is 5.22. The van der Waals surface area contributed by atoms with E-state index in [0.717, 1.165) is 34.6 Å². The number of nitrogens with zero attached hydrogens (tertiary/aromatic N) is 2. The van der Waals surface area contributed by atoms with Gasteiger partial charge in [0.25, 0.3) is 11.6 Å². The van der Waals surface area contributed by atoms with Crippen molar-refractivity contribution in [2.45, 2.75) is 0 Å². The first-order chi connectivity index (χ1) is 17.5. The lowest BCUT2D eigenvalue weighted by atomic mass is 10.00. The van der Waals surface area contributed by atoms with Crippen LogP contribution in [-0.2, 0) is 0 Å². The maximum absolute atomic E-state index is 13.0. The molecule has 1 N–H and O–H groups in total. The van der Waals surface area contributed by atoms with Crippen LogP contribution in [0.3, 0.4) is 0 Å². The number of hydrogen-bond donors (Lipinski definition) is 1. The summed E-state index contributed by atoms with van der Waals surface area (Å²) >= 11 is 0. The van der Waals surface area contributed by atoms with Crippen LogP contribution in [0.25, 0.3) is 17.2 Å². The van der Waals surface area contributed by atoms with Crippen LogP contribution in [0.15, 0.2) is 97.1 Å². The molecule has 0 spiro atoms. The number of amides is 1. The lowest BCUT2D eigenvalue weighted by Crippen LogP contribution is -2.20. The highest BCUT2D eigenvalue weighted by Crippen LogP contribution is 2.39. The van der Waals surface area contributed by atoms with Crippen LogP contribution in [0.4, 0.5) is 22.7 Å². The Kier molecular flexibility index (Phi) is 6.19. The molecule has 1 heterocycles. The van der Waals surface area contributed by atoms with E-state index in [1.165, 1.54) is 25.3 Å². The Hall–Kier alpha value is -4.91. The average Bonchev–Trinajstić information content (AvgIpc) is 2.92. The Balaban J connectivity index is 1.46. The molecule has 36 heavy (non-hydrogen) atoms. The number of nitro groups is 1. The van der Waals surface area contributed by atoms with Crippen LogP contribution in [0.5, 0.6) is 5.75 Å². The van der Waals surface area contributed by atoms with E-state index in [-0.39, 0.29) is 17.0 Å². The third-order valence-electron chi connectivity index (χ3n) is 6.08. The highest BCUT2D eigenvalue weighted by molar-refractivity contribution is 6.06. The fourth-order valence-electron chi connectivity index (χ4n) is 4.38. The molecule has 178 valence electrons. The maximum Gasteiger partial charge on any atom is 0.273 e. The molecule has 1 aliphatic rings. The monoisotopic (exact) mass is 477 g/mol. The molecule has 4 aromatic rings. The summed E-state index contributed by atoms with van der Waals surface area (Å²) in [5, 5.41) is 14.0. The first-order valence-corrected chi connectivity index (χ1v) is 11.4. The van der Waals surface area contributed by atoms with E-state index in [2.05, 4.69) is 46.6 Å². The second-order valence-corrected chi connectivity index (χ2v) is 8.27. The normalized spacial score (nSPS) is 12.1. The number of fused-ring (bicyclic) bond motifs is 1. The molecule has 1 aliphatic heterocycles. The standard InChI is InChI=1S/C29H23N3O4/c1-36-28-19-23(32(34)35)15-16-25(28)29(33)30-22-11-6-9-21(18-22)24-12-3-5-14-27(24)31-17-7-10-20-8-2-4-13-26(20)31/h2-16,18-19H,17H2,1H3,(H,30,33). The molecule has 0 saturated carbocycles. The van der Waals surface area contributed by atoms with Crippen molar-refractivity contribution in [3.05, 3.63) is 118 Å². The van der Waals surface area contributed by atoms with E-state index in [0.29, 0.717) is 5.69 Å². The number of anilines is 3. The Bertz CT molecular complexity index is 1500. The van der Waals surface area contributed by atoms with Gasteiger partial charge in [0.1, 0.15) is 5.75 Å². The lowest BCUT2D eigenvalue weighted by Gasteiger charge is -2.30. The molecule has 7 nitrogen and oxygen atoms in total. The van der Waals surface area contributed by atoms with Crippen LogP contribution < -0.4 is 15.0 Å². The predicted molar refractivity (Wildman–Crippen MR) is 142 cm³/mol. The molecule has 5 rings (SSSR count). The average molecular weight is 478 g/mol. The molecule has 0 aliphatic carbocycles. The van der Waals surface area contributed by atoms with Gasteiger partial charge in [-0.1, -0.05) is 60.7 Å². The molecular formula is C29H23N3O4. The van der Waals surface area contributed by atoms with Gasteiger partial charge in [-0.15, -0.1) is 0 Å². The van der Waals surface area contributed by atoms with Crippen molar-refractivity contribution in [3.63, 3.8) is 0 Å². The molecule has 0 saturated heterocycles. The summed E-state index contributed by atoms with van der Waals surface area (Å²) in [5.74, 6) is -0.276. The first-order valence-electron chi connectivity index (χ1n) is 11.4. The van der Waals surface area contributed by atoms with Crippen LogP contribution in [-0.4, -0.2) is 24.5 Å². The summed E-state index contributed by atoms with van der Waals surface area (Å²) in [6, 6.07) is 28.0. The number of carbonyl (C=O) groups excluding carboxylic acids is 1. The number of nitro benzene ring substituents is 1. The number of ether oxygens (including phenoxy) is 1. The Morgan fingerprint density at radius 1 is 0.944 bits per heavy atom. The van der Waals surface area contributed by atoms with E-state index in [9.17, 15) is 14.9 Å². The number of carbonyl (C=O) groups is 1. The van der Waals surface area contributed by atoms with Crippen LogP contribution in [0, 0.1) is 10.1 Å². The van der Waals surface area contributed by atoms with Gasteiger partial charge in [-0.05, 0) is 41.5 Å². The zero-order valence-corrected chi connectivity index (χ0v) is 19.5. The van der Waals surface area contributed by atoms with Crippen molar-refractivity contribution in [1.82, 2.24) is 0 Å². The van der Waals surface area contributed by atoms with Crippen molar-refractivity contribution < 1.29 is 14.5 Å². The molecule has 1 amide bonds. The second kappa shape index (κ2) is 9.76. The van der Waals surface area contributed by atoms with Gasteiger partial charge in [0.15, 0.2) is 0 Å². The SMILES string of the molecule is COc1cc([N+](=O)[O-])ccc1C(=O)Nc1cccc(-c2ccccc2N2CC=Cc3ccccc32)c1. The summed E-state index contributed by atoms with van der Waals surface area (Å²) in [7, 11) is 1.38. The molecule has 0 unspecified atom stereocenters. The third kappa shape index (κ3) is 4.42. The number of rotatable bonds is 6. The highest BCUT2D eigenvalue weighted by Gasteiger charge is 2.19. The van der Waals surface area contributed by atoms with Gasteiger partial charge in [0, 0.05) is 35.2 Å². The Morgan fingerprint density at radius 3 is 2.53 bits per heavy atom. The number of methoxy groups -OCH3 is 1. The minimum atomic E-state index is -0.526. The molecule has 0 atom stereocenters. The van der Waals surface area contributed by atoms with Gasteiger partial charge in [-0.3, -0.25) is 14.9 Å². The number of nitrogens with one attached hydrogen (secondary N) is 1. The van der Waals surface area contributed by atoms with Crippen LogP contribution >= 0.6 is 0 Å². The molecule has 7 heteroatoms. The van der Waals surface area contributed by atoms with Crippen molar-refractivity contribution in [3.8, 4) is 16.9 Å². The topological polar surface area (TPSA) is 84.7 Å². The van der Waals surface area contributed by atoms with Gasteiger partial charge in [-0.25, -0.2) is 0 Å². The van der Waals surface area contributed by atoms with E-state index in [1.54, 1.807) is 6.07 Å². The smallest absolute Gasteiger partial charge is 0.273 e. The van der Waals surface area contributed by atoms with Gasteiger partial charge < -0.3 is 15.0 Å². The Morgan fingerprint density at radius 2 is 1.72 bits per heavy atom. The fraction of sp³-hybridized carbons (Fsp3) is 0.0690. The lowest BCUT2D eigenvalue weighted by molar-refractivity contribution is -0.384. The summed E-state index contributed by atoms with van der Waals surface area (Å²) in [6.45, 7) is 0.754. The van der Waals surface area contributed by atoms with Crippen molar-refractivity contribution in [2.75, 3.05) is 23.9 Å². The molecule has 0 bridgehead atoms. The fourth-order valence-corrected chi connectivity index (χ4v) is 4.38. The Labute approximate surface area is 208 Å². The van der Waals surface area contributed by atoms with Gasteiger partial charge >= 0.3 is 0 Å². The summed E-state index contributed by atoms with van der Waals surface area (Å²) in [6.07, 6.45) is 4.28. The van der Waals surface area contributed by atoms with Gasteiger partial charge in [0.05, 0.1) is 23.7 Å². The predicted octanol–water partition coefficient (Wildman–Crippen LogP) is 6.69. The molecular weight excluding hydrogens is 454 g/mol. The molecule has 0 fully saturated rings. The van der Waals surface area contributed by atoms with Gasteiger partial charge in [0.2, 0.25) is 0 Å². The minimum absolute atomic E-state index is 0.139. The largest absolute Gasteiger partial charge is 0.496 e. The van der Waals surface area contributed by atoms with Crippen molar-refractivity contribution in [2.24, 2.45) is 0 Å². The minimum Gasteiger partial charge on any atom is -0.496 e. The van der Waals surface area contributed by atoms with E-state index >= 15 is 0 Å². The van der Waals surface area contributed by atoms with E-state index in [1.807, 2.05) is 42.5 Å². The molecule has 0 aromatic heterocycles. The van der Waals surface area contributed by atoms with E-state index in [4.69, 9.17) is 4.74 Å². The molecule has 0 radical (unpaired) electrons. The van der Waals surface area contributed by atoms with Crippen molar-refractivity contribution in [1.29, 1.82) is 0 Å². The summed E-state index contributed by atoms with van der Waals surface area (Å²) in [4.78, 5) is 25.8. The number of benzene rings is 4. The zero-order chi connectivity index (χ0) is 25.1. The molecule has 4 aromatic carbocycles. The number of hydrogen-bond acceptors (Lipinski definition) is 5. The summed E-state index contributed by atoms with van der Waals surface area (Å²) in [5.41, 5.74) is 6.03. The zero-order valence-electron chi connectivity index (χ0n) is 19.5. The first kappa shape index (κ1) is 22.9. The van der Waals surface area contributed by atoms with Crippen LogP contribution in [0.1, 0.15) is 15.9 Å². The van der Waals surface area contributed by atoms with E-state index < -0.39 is 10.8 Å². The van der Waals surface area contributed by atoms with Crippen LogP contribution in [0.2, 0.25) is 0 Å². The van der Waals surface area contributed by atoms with Crippen molar-refractivity contribution >= 4 is 34.7 Å². The quantitative estimate of drug-likeness (QED) is 0.247. The van der Waals surface area contributed by atoms with Gasteiger partial charge in [-0.2, -0.15) is 0 Å². The maximum atomic E-state index is 13.0. The second-order valence-electron chi connectivity index (χ2n) is 8.27. The third-order valence-corrected chi connectivity index (χ3v) is 6.08. The number of para-hydroxylation sites is 2. The number of non-ortho nitro benzene ring substituents is 1.